The number of hydrogen-bond acceptors (Lipinski definition) is 3. The second-order valence-electron chi connectivity index (χ2n) is 6.26. The van der Waals surface area contributed by atoms with Crippen LogP contribution < -0.4 is 16.4 Å². The van der Waals surface area contributed by atoms with Crippen molar-refractivity contribution < 1.29 is 19.5 Å². The van der Waals surface area contributed by atoms with E-state index in [1.807, 2.05) is 20.8 Å². The van der Waals surface area contributed by atoms with E-state index in [0.29, 0.717) is 0 Å². The summed E-state index contributed by atoms with van der Waals surface area (Å²) >= 11 is 0. The Morgan fingerprint density at radius 3 is 1.95 bits per heavy atom. The van der Waals surface area contributed by atoms with E-state index in [9.17, 15) is 14.4 Å². The molecule has 0 aromatic rings. The predicted octanol–water partition coefficient (Wildman–Crippen LogP) is 0.685. The molecule has 0 aliphatic rings. The number of carboxylic acid groups (broad SMARTS) is 1. The minimum atomic E-state index is -1.000. The van der Waals surface area contributed by atoms with Crippen molar-refractivity contribution in [2.75, 3.05) is 0 Å². The van der Waals surface area contributed by atoms with Crippen LogP contribution in [0.25, 0.3) is 0 Å². The molecular formula is C13H25N3O4. The topological polar surface area (TPSA) is 122 Å². The Kier molecular flexibility index (Phi) is 6.48. The summed E-state index contributed by atoms with van der Waals surface area (Å²) in [5.74, 6) is -1.77. The van der Waals surface area contributed by atoms with Gasteiger partial charge in [0.05, 0.1) is 6.42 Å². The Morgan fingerprint density at radius 1 is 1.15 bits per heavy atom. The van der Waals surface area contributed by atoms with Crippen molar-refractivity contribution in [3.8, 4) is 0 Å². The SMILES string of the molecule is CC(C)C(NC(=O)NC(CC(=O)O)C(C)(C)C)C(N)=O. The van der Waals surface area contributed by atoms with E-state index < -0.39 is 35.4 Å². The molecular weight excluding hydrogens is 262 g/mol. The molecule has 3 amide bonds. The monoisotopic (exact) mass is 287 g/mol. The van der Waals surface area contributed by atoms with Gasteiger partial charge >= 0.3 is 12.0 Å². The molecule has 0 rings (SSSR count). The van der Waals surface area contributed by atoms with Gasteiger partial charge in [-0.3, -0.25) is 9.59 Å². The minimum Gasteiger partial charge on any atom is -0.481 e. The Bertz CT molecular complexity index is 374. The van der Waals surface area contributed by atoms with Gasteiger partial charge in [0.25, 0.3) is 0 Å². The average molecular weight is 287 g/mol. The van der Waals surface area contributed by atoms with Gasteiger partial charge in [0.1, 0.15) is 6.04 Å². The van der Waals surface area contributed by atoms with E-state index in [1.165, 1.54) is 0 Å². The fourth-order valence-corrected chi connectivity index (χ4v) is 1.66. The van der Waals surface area contributed by atoms with Crippen molar-refractivity contribution in [2.24, 2.45) is 17.1 Å². The average Bonchev–Trinajstić information content (AvgIpc) is 2.22. The van der Waals surface area contributed by atoms with Crippen LogP contribution >= 0.6 is 0 Å². The van der Waals surface area contributed by atoms with Gasteiger partial charge in [-0.2, -0.15) is 0 Å². The Hall–Kier alpha value is -1.79. The highest BCUT2D eigenvalue weighted by Crippen LogP contribution is 2.21. The molecule has 0 saturated carbocycles. The molecule has 5 N–H and O–H groups in total. The summed E-state index contributed by atoms with van der Waals surface area (Å²) < 4.78 is 0. The Morgan fingerprint density at radius 2 is 1.65 bits per heavy atom. The standard InChI is InChI=1S/C13H25N3O4/c1-7(2)10(11(14)19)16-12(20)15-8(6-9(17)18)13(3,4)5/h7-8,10H,6H2,1-5H3,(H2,14,19)(H,17,18)(H2,15,16,20). The minimum absolute atomic E-state index is 0.147. The number of nitrogens with one attached hydrogen (secondary N) is 2. The number of amides is 3. The highest BCUT2D eigenvalue weighted by molar-refractivity contribution is 5.86. The third kappa shape index (κ3) is 6.40. The molecule has 20 heavy (non-hydrogen) atoms. The maximum absolute atomic E-state index is 11.9. The number of carboxylic acids is 1. The molecule has 2 atom stereocenters. The lowest BCUT2D eigenvalue weighted by Crippen LogP contribution is -2.55. The predicted molar refractivity (Wildman–Crippen MR) is 75.0 cm³/mol. The third-order valence-corrected chi connectivity index (χ3v) is 2.99. The van der Waals surface area contributed by atoms with Crippen molar-refractivity contribution in [2.45, 2.75) is 53.1 Å². The van der Waals surface area contributed by atoms with E-state index in [4.69, 9.17) is 10.8 Å². The maximum atomic E-state index is 11.9. The van der Waals surface area contributed by atoms with Crippen LogP contribution in [0.5, 0.6) is 0 Å². The lowest BCUT2D eigenvalue weighted by atomic mass is 9.85. The molecule has 0 fully saturated rings. The fraction of sp³-hybridized carbons (Fsp3) is 0.769. The number of aliphatic carboxylic acids is 1. The smallest absolute Gasteiger partial charge is 0.315 e. The first-order valence-electron chi connectivity index (χ1n) is 6.53. The van der Waals surface area contributed by atoms with Crippen molar-refractivity contribution in [3.63, 3.8) is 0 Å². The summed E-state index contributed by atoms with van der Waals surface area (Å²) in [5, 5.41) is 13.9. The Labute approximate surface area is 119 Å². The van der Waals surface area contributed by atoms with Gasteiger partial charge in [-0.25, -0.2) is 4.79 Å². The maximum Gasteiger partial charge on any atom is 0.315 e. The van der Waals surface area contributed by atoms with Crippen LogP contribution in [-0.4, -0.2) is 35.1 Å². The quantitative estimate of drug-likeness (QED) is 0.574. The zero-order valence-corrected chi connectivity index (χ0v) is 12.7. The Balaban J connectivity index is 4.76. The molecule has 7 nitrogen and oxygen atoms in total. The largest absolute Gasteiger partial charge is 0.481 e. The number of nitrogens with two attached hydrogens (primary N) is 1. The van der Waals surface area contributed by atoms with Crippen LogP contribution in [0.1, 0.15) is 41.0 Å². The lowest BCUT2D eigenvalue weighted by Gasteiger charge is -2.31. The summed E-state index contributed by atoms with van der Waals surface area (Å²) in [7, 11) is 0. The first-order chi connectivity index (χ1) is 8.95. The first-order valence-corrected chi connectivity index (χ1v) is 6.53. The van der Waals surface area contributed by atoms with E-state index in [0.717, 1.165) is 0 Å². The van der Waals surface area contributed by atoms with Gasteiger partial charge in [-0.15, -0.1) is 0 Å². The highest BCUT2D eigenvalue weighted by Gasteiger charge is 2.30. The molecule has 0 saturated heterocycles. The molecule has 0 aromatic carbocycles. The van der Waals surface area contributed by atoms with E-state index in [-0.39, 0.29) is 12.3 Å². The van der Waals surface area contributed by atoms with Crippen LogP contribution in [0, 0.1) is 11.3 Å². The van der Waals surface area contributed by atoms with Crippen molar-refractivity contribution in [1.82, 2.24) is 10.6 Å². The van der Waals surface area contributed by atoms with Crippen LogP contribution in [0.2, 0.25) is 0 Å². The van der Waals surface area contributed by atoms with Gasteiger partial charge in [0, 0.05) is 6.04 Å². The van der Waals surface area contributed by atoms with Gasteiger partial charge < -0.3 is 21.5 Å². The number of rotatable bonds is 6. The van der Waals surface area contributed by atoms with Crippen LogP contribution in [0.3, 0.4) is 0 Å². The summed E-state index contributed by atoms with van der Waals surface area (Å²) in [5.41, 5.74) is 4.79. The molecule has 0 aromatic heterocycles. The first kappa shape index (κ1) is 18.2. The fourth-order valence-electron chi connectivity index (χ4n) is 1.66. The van der Waals surface area contributed by atoms with Crippen LogP contribution in [0.15, 0.2) is 0 Å². The molecule has 0 bridgehead atoms. The molecule has 0 spiro atoms. The van der Waals surface area contributed by atoms with E-state index >= 15 is 0 Å². The summed E-state index contributed by atoms with van der Waals surface area (Å²) in [4.78, 5) is 33.9. The zero-order valence-electron chi connectivity index (χ0n) is 12.7. The van der Waals surface area contributed by atoms with E-state index in [2.05, 4.69) is 10.6 Å². The highest BCUT2D eigenvalue weighted by atomic mass is 16.4. The molecule has 7 heteroatoms. The molecule has 116 valence electrons. The number of primary amides is 1. The number of hydrogen-bond donors (Lipinski definition) is 4. The van der Waals surface area contributed by atoms with Gasteiger partial charge in [-0.05, 0) is 11.3 Å². The molecule has 0 aliphatic carbocycles. The third-order valence-electron chi connectivity index (χ3n) is 2.99. The lowest BCUT2D eigenvalue weighted by molar-refractivity contribution is -0.138. The van der Waals surface area contributed by atoms with Crippen LogP contribution in [0.4, 0.5) is 4.79 Å². The second kappa shape index (κ2) is 7.12. The molecule has 0 heterocycles. The van der Waals surface area contributed by atoms with E-state index in [1.54, 1.807) is 13.8 Å². The van der Waals surface area contributed by atoms with Crippen molar-refractivity contribution in [3.05, 3.63) is 0 Å². The van der Waals surface area contributed by atoms with Gasteiger partial charge in [0.15, 0.2) is 0 Å². The number of urea groups is 1. The molecule has 0 radical (unpaired) electrons. The van der Waals surface area contributed by atoms with Crippen LogP contribution in [-0.2, 0) is 9.59 Å². The normalized spacial score (nSPS) is 14.5. The number of carbonyl (C=O) groups is 3. The molecule has 2 unspecified atom stereocenters. The zero-order chi connectivity index (χ0) is 16.1. The van der Waals surface area contributed by atoms with Crippen molar-refractivity contribution in [1.29, 1.82) is 0 Å². The summed E-state index contributed by atoms with van der Waals surface area (Å²) in [6.07, 6.45) is -0.195. The summed E-state index contributed by atoms with van der Waals surface area (Å²) in [6.45, 7) is 9.00. The second-order valence-corrected chi connectivity index (χ2v) is 6.26. The summed E-state index contributed by atoms with van der Waals surface area (Å²) in [6, 6.07) is -1.94. The van der Waals surface area contributed by atoms with Gasteiger partial charge in [-0.1, -0.05) is 34.6 Å². The number of carbonyl (C=O) groups excluding carboxylic acids is 2. The molecule has 0 aliphatic heterocycles. The van der Waals surface area contributed by atoms with Gasteiger partial charge in [0.2, 0.25) is 5.91 Å². The van der Waals surface area contributed by atoms with Crippen molar-refractivity contribution >= 4 is 17.9 Å².